The van der Waals surface area contributed by atoms with E-state index < -0.39 is 5.60 Å². The number of hydrogen-bond acceptors (Lipinski definition) is 4. The maximum atomic E-state index is 10.2. The Labute approximate surface area is 140 Å². The van der Waals surface area contributed by atoms with Crippen molar-refractivity contribution >= 4 is 22.6 Å². The molecule has 0 amide bonds. The molecule has 0 radical (unpaired) electrons. The van der Waals surface area contributed by atoms with Crippen LogP contribution in [0.4, 0.5) is 0 Å². The van der Waals surface area contributed by atoms with Gasteiger partial charge < -0.3 is 5.11 Å². The number of rotatable bonds is 4. The normalized spacial score (nSPS) is 12.0. The van der Waals surface area contributed by atoms with Crippen molar-refractivity contribution in [1.82, 2.24) is 19.5 Å². The van der Waals surface area contributed by atoms with Gasteiger partial charge in [0, 0.05) is 17.3 Å². The Balaban J connectivity index is 2.25. The Morgan fingerprint density at radius 3 is 2.74 bits per heavy atom. The van der Waals surface area contributed by atoms with Crippen molar-refractivity contribution in [3.63, 3.8) is 0 Å². The van der Waals surface area contributed by atoms with Crippen molar-refractivity contribution in [3.05, 3.63) is 47.1 Å². The molecular weight excluding hydrogens is 312 g/mol. The zero-order valence-electron chi connectivity index (χ0n) is 13.4. The maximum absolute atomic E-state index is 10.2. The first-order chi connectivity index (χ1) is 10.9. The second-order valence-corrected chi connectivity index (χ2v) is 6.42. The van der Waals surface area contributed by atoms with Gasteiger partial charge in [-0.1, -0.05) is 19.4 Å². The van der Waals surface area contributed by atoms with E-state index in [1.165, 1.54) is 0 Å². The number of aryl methyl sites for hydroxylation is 1. The minimum Gasteiger partial charge on any atom is -0.384 e. The van der Waals surface area contributed by atoms with Crippen LogP contribution in [-0.4, -0.2) is 24.6 Å². The largest absolute Gasteiger partial charge is 0.384 e. The number of fused-ring (bicyclic) bond motifs is 1. The second-order valence-electron chi connectivity index (χ2n) is 6.08. The lowest BCUT2D eigenvalue weighted by Gasteiger charge is -2.18. The minimum absolute atomic E-state index is 0.207. The van der Waals surface area contributed by atoms with Gasteiger partial charge in [0.2, 0.25) is 5.28 Å². The van der Waals surface area contributed by atoms with Crippen LogP contribution < -0.4 is 0 Å². The molecule has 0 aliphatic carbocycles. The lowest BCUT2D eigenvalue weighted by molar-refractivity contribution is 0.0738. The van der Waals surface area contributed by atoms with Gasteiger partial charge in [-0.15, -0.1) is 0 Å². The summed E-state index contributed by atoms with van der Waals surface area (Å²) in [6, 6.07) is 7.67. The summed E-state index contributed by atoms with van der Waals surface area (Å²) < 4.78 is 1.99. The van der Waals surface area contributed by atoms with E-state index in [0.717, 1.165) is 35.4 Å². The number of hydrogen-bond donors (Lipinski definition) is 1. The van der Waals surface area contributed by atoms with Gasteiger partial charge in [-0.25, -0.2) is 9.97 Å². The van der Waals surface area contributed by atoms with Crippen LogP contribution in [-0.2, 0) is 12.0 Å². The molecule has 0 unspecified atom stereocenters. The molecule has 23 heavy (non-hydrogen) atoms. The molecule has 0 spiro atoms. The van der Waals surface area contributed by atoms with Crippen LogP contribution in [0.1, 0.15) is 38.6 Å². The van der Waals surface area contributed by atoms with E-state index in [2.05, 4.69) is 27.9 Å². The highest BCUT2D eigenvalue weighted by molar-refractivity contribution is 6.28. The van der Waals surface area contributed by atoms with E-state index in [0.29, 0.717) is 5.69 Å². The molecule has 0 aliphatic rings. The molecular formula is C17H19ClN4O. The van der Waals surface area contributed by atoms with Crippen molar-refractivity contribution in [2.24, 2.45) is 0 Å². The smallest absolute Gasteiger partial charge is 0.224 e. The summed E-state index contributed by atoms with van der Waals surface area (Å²) in [6.45, 7) is 5.57. The van der Waals surface area contributed by atoms with Crippen molar-refractivity contribution in [2.45, 2.75) is 39.2 Å². The molecule has 0 aliphatic heterocycles. The van der Waals surface area contributed by atoms with Gasteiger partial charge in [-0.2, -0.15) is 4.98 Å². The molecule has 5 nitrogen and oxygen atoms in total. The molecule has 3 heterocycles. The van der Waals surface area contributed by atoms with Gasteiger partial charge in [0.15, 0.2) is 5.65 Å². The third kappa shape index (κ3) is 3.07. The number of aliphatic hydroxyl groups is 1. The molecule has 6 heteroatoms. The quantitative estimate of drug-likeness (QED) is 0.742. The van der Waals surface area contributed by atoms with E-state index in [-0.39, 0.29) is 5.28 Å². The molecule has 0 saturated heterocycles. The van der Waals surface area contributed by atoms with Crippen LogP contribution in [0.25, 0.3) is 16.9 Å². The van der Waals surface area contributed by atoms with Crippen LogP contribution in [0.3, 0.4) is 0 Å². The highest BCUT2D eigenvalue weighted by Crippen LogP contribution is 2.25. The summed E-state index contributed by atoms with van der Waals surface area (Å²) in [4.78, 5) is 13.0. The molecule has 3 rings (SSSR count). The third-order valence-electron chi connectivity index (χ3n) is 3.68. The summed E-state index contributed by atoms with van der Waals surface area (Å²) >= 11 is 5.97. The molecule has 0 bridgehead atoms. The van der Waals surface area contributed by atoms with E-state index in [4.69, 9.17) is 11.6 Å². The summed E-state index contributed by atoms with van der Waals surface area (Å²) in [7, 11) is 0. The van der Waals surface area contributed by atoms with Crippen molar-refractivity contribution in [3.8, 4) is 5.82 Å². The number of aromatic nitrogens is 4. The average molecular weight is 331 g/mol. The first-order valence-electron chi connectivity index (χ1n) is 7.63. The Kier molecular flexibility index (Phi) is 4.08. The average Bonchev–Trinajstić information content (AvgIpc) is 2.84. The topological polar surface area (TPSA) is 63.8 Å². The molecule has 1 N–H and O–H groups in total. The minimum atomic E-state index is -1.00. The first kappa shape index (κ1) is 15.9. The lowest BCUT2D eigenvalue weighted by atomic mass is 10.1. The van der Waals surface area contributed by atoms with Crippen LogP contribution >= 0.6 is 11.6 Å². The molecule has 0 fully saturated rings. The summed E-state index contributed by atoms with van der Waals surface area (Å²) in [5.41, 5.74) is 1.43. The monoisotopic (exact) mass is 330 g/mol. The zero-order chi connectivity index (χ0) is 16.6. The van der Waals surface area contributed by atoms with Crippen molar-refractivity contribution < 1.29 is 5.11 Å². The number of nitrogens with zero attached hydrogens (tertiary/aromatic N) is 4. The van der Waals surface area contributed by atoms with E-state index >= 15 is 0 Å². The SMILES string of the molecule is CCCc1cc2cnc(Cl)nc2n1-c1cccc(C(C)(C)O)n1. The fourth-order valence-corrected chi connectivity index (χ4v) is 2.74. The molecule has 0 saturated carbocycles. The zero-order valence-corrected chi connectivity index (χ0v) is 14.2. The molecule has 120 valence electrons. The standard InChI is InChI=1S/C17H19ClN4O/c1-4-6-12-9-11-10-19-16(18)21-15(11)22(12)14-8-5-7-13(20-14)17(2,3)23/h5,7-10,23H,4,6H2,1-3H3. The van der Waals surface area contributed by atoms with Crippen LogP contribution in [0.5, 0.6) is 0 Å². The maximum Gasteiger partial charge on any atom is 0.224 e. The Morgan fingerprint density at radius 1 is 1.26 bits per heavy atom. The molecule has 3 aromatic heterocycles. The predicted octanol–water partition coefficient (Wildman–Crippen LogP) is 3.65. The third-order valence-corrected chi connectivity index (χ3v) is 3.87. The van der Waals surface area contributed by atoms with Gasteiger partial charge in [-0.05, 0) is 50.1 Å². The fraction of sp³-hybridized carbons (Fsp3) is 0.353. The van der Waals surface area contributed by atoms with Crippen molar-refractivity contribution in [2.75, 3.05) is 0 Å². The molecule has 0 atom stereocenters. The van der Waals surface area contributed by atoms with Crippen molar-refractivity contribution in [1.29, 1.82) is 0 Å². The van der Waals surface area contributed by atoms with E-state index in [9.17, 15) is 5.11 Å². The Hall–Kier alpha value is -1.98. The van der Waals surface area contributed by atoms with Crippen LogP contribution in [0.15, 0.2) is 30.5 Å². The predicted molar refractivity (Wildman–Crippen MR) is 90.9 cm³/mol. The lowest BCUT2D eigenvalue weighted by Crippen LogP contribution is -2.18. The van der Waals surface area contributed by atoms with Gasteiger partial charge >= 0.3 is 0 Å². The van der Waals surface area contributed by atoms with E-state index in [1.807, 2.05) is 22.8 Å². The highest BCUT2D eigenvalue weighted by atomic mass is 35.5. The van der Waals surface area contributed by atoms with Crippen LogP contribution in [0, 0.1) is 0 Å². The molecule has 0 aromatic carbocycles. The summed E-state index contributed by atoms with van der Waals surface area (Å²) in [6.07, 6.45) is 3.62. The van der Waals surface area contributed by atoms with Gasteiger partial charge in [0.1, 0.15) is 11.4 Å². The highest BCUT2D eigenvalue weighted by Gasteiger charge is 2.20. The van der Waals surface area contributed by atoms with Gasteiger partial charge in [-0.3, -0.25) is 4.57 Å². The second kappa shape index (κ2) is 5.91. The molecule has 3 aromatic rings. The first-order valence-corrected chi connectivity index (χ1v) is 8.01. The van der Waals surface area contributed by atoms with E-state index in [1.54, 1.807) is 20.0 Å². The summed E-state index contributed by atoms with van der Waals surface area (Å²) in [5, 5.41) is 11.4. The number of halogens is 1. The number of pyridine rings is 1. The van der Waals surface area contributed by atoms with Gasteiger partial charge in [0.25, 0.3) is 0 Å². The Bertz CT molecular complexity index is 851. The fourth-order valence-electron chi connectivity index (χ4n) is 2.61. The Morgan fingerprint density at radius 2 is 2.04 bits per heavy atom. The van der Waals surface area contributed by atoms with Gasteiger partial charge in [0.05, 0.1) is 5.69 Å². The van der Waals surface area contributed by atoms with Crippen LogP contribution in [0.2, 0.25) is 5.28 Å². The summed E-state index contributed by atoms with van der Waals surface area (Å²) in [5.74, 6) is 0.720.